The third kappa shape index (κ3) is 7.27. The summed E-state index contributed by atoms with van der Waals surface area (Å²) < 4.78 is 0. The van der Waals surface area contributed by atoms with Crippen molar-refractivity contribution in [2.24, 2.45) is 11.3 Å². The number of hydrogen-bond donors (Lipinski definition) is 2. The molecule has 0 bridgehead atoms. The van der Waals surface area contributed by atoms with Crippen LogP contribution in [-0.2, 0) is 9.59 Å². The summed E-state index contributed by atoms with van der Waals surface area (Å²) in [6, 6.07) is 0. The van der Waals surface area contributed by atoms with Crippen molar-refractivity contribution >= 4 is 49.7 Å². The van der Waals surface area contributed by atoms with Crippen molar-refractivity contribution in [3.05, 3.63) is 0 Å². The first-order valence-corrected chi connectivity index (χ1v) is 5.82. The molecular formula is C12H24CaO4. The summed E-state index contributed by atoms with van der Waals surface area (Å²) >= 11 is 0. The Morgan fingerprint density at radius 3 is 1.65 bits per heavy atom. The van der Waals surface area contributed by atoms with Crippen LogP contribution in [0.5, 0.6) is 0 Å². The molecule has 0 unspecified atom stereocenters. The van der Waals surface area contributed by atoms with Crippen molar-refractivity contribution in [2.45, 2.75) is 52.9 Å². The van der Waals surface area contributed by atoms with Crippen molar-refractivity contribution in [1.29, 1.82) is 0 Å². The van der Waals surface area contributed by atoms with Gasteiger partial charge in [0.05, 0.1) is 0 Å². The van der Waals surface area contributed by atoms with Gasteiger partial charge in [0, 0.05) is 0 Å². The fourth-order valence-corrected chi connectivity index (χ4v) is 2.31. The summed E-state index contributed by atoms with van der Waals surface area (Å²) in [6.45, 7) is 6.05. The van der Waals surface area contributed by atoms with Gasteiger partial charge in [-0.25, -0.2) is 0 Å². The van der Waals surface area contributed by atoms with Gasteiger partial charge in [-0.05, 0) is 24.7 Å². The second kappa shape index (κ2) is 9.17. The molecule has 0 fully saturated rings. The molecule has 0 aliphatic rings. The van der Waals surface area contributed by atoms with Crippen molar-refractivity contribution in [1.82, 2.24) is 0 Å². The molecule has 0 amide bonds. The van der Waals surface area contributed by atoms with Crippen LogP contribution in [0, 0.1) is 11.3 Å². The number of hydrogen-bond acceptors (Lipinski definition) is 2. The SMILES string of the molecule is CCCC(C)(CCC)CC(C(=O)O)C(=O)O.[CaH2]. The van der Waals surface area contributed by atoms with Crippen molar-refractivity contribution in [3.63, 3.8) is 0 Å². The third-order valence-corrected chi connectivity index (χ3v) is 3.00. The Labute approximate surface area is 133 Å². The molecule has 5 heteroatoms. The molecule has 0 rings (SSSR count). The molecule has 0 aromatic rings. The Hall–Kier alpha value is 0.200. The molecule has 0 heterocycles. The van der Waals surface area contributed by atoms with Crippen LogP contribution in [0.3, 0.4) is 0 Å². The minimum absolute atomic E-state index is 0. The van der Waals surface area contributed by atoms with Crippen LogP contribution in [0.25, 0.3) is 0 Å². The number of aliphatic carboxylic acids is 2. The molecule has 0 saturated heterocycles. The fraction of sp³-hybridized carbons (Fsp3) is 0.833. The maximum atomic E-state index is 10.8. The van der Waals surface area contributed by atoms with Crippen LogP contribution in [-0.4, -0.2) is 59.9 Å². The molecule has 0 radical (unpaired) electrons. The summed E-state index contributed by atoms with van der Waals surface area (Å²) in [5.74, 6) is -3.74. The van der Waals surface area contributed by atoms with Crippen LogP contribution < -0.4 is 0 Å². The van der Waals surface area contributed by atoms with E-state index in [1.165, 1.54) is 0 Å². The number of carbonyl (C=O) groups is 2. The van der Waals surface area contributed by atoms with Crippen LogP contribution in [0.4, 0.5) is 0 Å². The Morgan fingerprint density at radius 2 is 1.41 bits per heavy atom. The fourth-order valence-electron chi connectivity index (χ4n) is 2.31. The minimum atomic E-state index is -1.27. The van der Waals surface area contributed by atoms with E-state index < -0.39 is 17.9 Å². The third-order valence-electron chi connectivity index (χ3n) is 3.00. The second-order valence-corrected chi connectivity index (χ2v) is 4.74. The maximum absolute atomic E-state index is 10.8. The molecule has 0 spiro atoms. The average molecular weight is 272 g/mol. The summed E-state index contributed by atoms with van der Waals surface area (Å²) in [6.07, 6.45) is 3.86. The van der Waals surface area contributed by atoms with Gasteiger partial charge in [-0.15, -0.1) is 0 Å². The number of carboxylic acids is 2. The molecule has 4 nitrogen and oxygen atoms in total. The quantitative estimate of drug-likeness (QED) is 0.522. The van der Waals surface area contributed by atoms with E-state index in [9.17, 15) is 9.59 Å². The zero-order chi connectivity index (χ0) is 12.8. The van der Waals surface area contributed by atoms with Crippen LogP contribution in [0.1, 0.15) is 52.9 Å². The van der Waals surface area contributed by atoms with Gasteiger partial charge >= 0.3 is 49.7 Å². The molecule has 0 atom stereocenters. The summed E-state index contributed by atoms with van der Waals surface area (Å²) in [7, 11) is 0. The van der Waals surface area contributed by atoms with Crippen LogP contribution in [0.15, 0.2) is 0 Å². The molecule has 0 saturated carbocycles. The van der Waals surface area contributed by atoms with Gasteiger partial charge in [-0.3, -0.25) is 9.59 Å². The summed E-state index contributed by atoms with van der Waals surface area (Å²) in [5, 5.41) is 17.7. The van der Waals surface area contributed by atoms with Gasteiger partial charge in [-0.1, -0.05) is 33.6 Å². The van der Waals surface area contributed by atoms with Gasteiger partial charge in [0.1, 0.15) is 0 Å². The average Bonchev–Trinajstić information content (AvgIpc) is 2.14. The van der Waals surface area contributed by atoms with E-state index in [1.54, 1.807) is 0 Å². The van der Waals surface area contributed by atoms with Gasteiger partial charge in [0.15, 0.2) is 5.92 Å². The molecule has 0 aliphatic carbocycles. The molecule has 98 valence electrons. The molecule has 2 N–H and O–H groups in total. The van der Waals surface area contributed by atoms with E-state index >= 15 is 0 Å². The van der Waals surface area contributed by atoms with Gasteiger partial charge in [-0.2, -0.15) is 0 Å². The number of rotatable bonds is 8. The standard InChI is InChI=1S/C12H22O4.Ca.2H/c1-4-6-12(3,7-5-2)8-9(10(13)14)11(15)16;;;/h9H,4-8H2,1-3H3,(H,13,14)(H,15,16);;;. The Morgan fingerprint density at radius 1 is 1.06 bits per heavy atom. The van der Waals surface area contributed by atoms with E-state index in [4.69, 9.17) is 10.2 Å². The normalized spacial score (nSPS) is 11.1. The summed E-state index contributed by atoms with van der Waals surface area (Å²) in [5.41, 5.74) is -0.176. The monoisotopic (exact) mass is 272 g/mol. The predicted molar refractivity (Wildman–Crippen MR) is 69.8 cm³/mol. The molecule has 0 aromatic carbocycles. The first kappa shape index (κ1) is 19.5. The zero-order valence-electron chi connectivity index (χ0n) is 10.3. The molecular weight excluding hydrogens is 248 g/mol. The first-order valence-electron chi connectivity index (χ1n) is 5.82. The van der Waals surface area contributed by atoms with E-state index in [1.807, 2.05) is 20.8 Å². The van der Waals surface area contributed by atoms with E-state index in [2.05, 4.69) is 0 Å². The molecule has 17 heavy (non-hydrogen) atoms. The van der Waals surface area contributed by atoms with E-state index in [-0.39, 0.29) is 49.6 Å². The van der Waals surface area contributed by atoms with Crippen molar-refractivity contribution in [2.75, 3.05) is 0 Å². The van der Waals surface area contributed by atoms with Crippen LogP contribution in [0.2, 0.25) is 0 Å². The van der Waals surface area contributed by atoms with E-state index in [0.29, 0.717) is 0 Å². The van der Waals surface area contributed by atoms with E-state index in [0.717, 1.165) is 25.7 Å². The Kier molecular flexibility index (Phi) is 10.5. The zero-order valence-corrected chi connectivity index (χ0v) is 10.3. The first-order chi connectivity index (χ1) is 7.36. The van der Waals surface area contributed by atoms with Gasteiger partial charge < -0.3 is 10.2 Å². The van der Waals surface area contributed by atoms with Gasteiger partial charge in [0.2, 0.25) is 0 Å². The van der Waals surface area contributed by atoms with Gasteiger partial charge in [0.25, 0.3) is 0 Å². The Bertz CT molecular complexity index is 233. The second-order valence-electron chi connectivity index (χ2n) is 4.74. The topological polar surface area (TPSA) is 74.6 Å². The predicted octanol–water partition coefficient (Wildman–Crippen LogP) is 1.85. The number of carboxylic acid groups (broad SMARTS) is 2. The van der Waals surface area contributed by atoms with Crippen molar-refractivity contribution < 1.29 is 19.8 Å². The van der Waals surface area contributed by atoms with Crippen molar-refractivity contribution in [3.8, 4) is 0 Å². The van der Waals surface area contributed by atoms with Crippen LogP contribution >= 0.6 is 0 Å². The summed E-state index contributed by atoms with van der Waals surface area (Å²) in [4.78, 5) is 21.7. The molecule has 0 aromatic heterocycles. The molecule has 0 aliphatic heterocycles. The Balaban J connectivity index is 0.